The van der Waals surface area contributed by atoms with Crippen LogP contribution >= 0.6 is 0 Å². The van der Waals surface area contributed by atoms with Gasteiger partial charge in [0.05, 0.1) is 6.04 Å². The van der Waals surface area contributed by atoms with E-state index in [2.05, 4.69) is 0 Å². The summed E-state index contributed by atoms with van der Waals surface area (Å²) in [4.78, 5) is 24.4. The Morgan fingerprint density at radius 3 is 2.53 bits per heavy atom. The van der Waals surface area contributed by atoms with Crippen LogP contribution in [0, 0.1) is 5.41 Å². The van der Waals surface area contributed by atoms with Crippen LogP contribution in [-0.4, -0.2) is 34.6 Å². The van der Waals surface area contributed by atoms with Gasteiger partial charge in [-0.2, -0.15) is 0 Å². The number of carbonyl (C=O) groups is 2. The minimum atomic E-state index is -1.99. The number of carboxylic acid groups (broad SMARTS) is 1. The molecule has 4 nitrogen and oxygen atoms in total. The molecule has 102 valence electrons. The first-order valence-corrected chi connectivity index (χ1v) is 6.11. The van der Waals surface area contributed by atoms with Gasteiger partial charge < -0.3 is 10.0 Å². The number of carboxylic acids is 1. The van der Waals surface area contributed by atoms with E-state index >= 15 is 0 Å². The minimum Gasteiger partial charge on any atom is -0.481 e. The van der Waals surface area contributed by atoms with Gasteiger partial charge in [-0.1, -0.05) is 30.3 Å². The van der Waals surface area contributed by atoms with Crippen molar-refractivity contribution in [1.82, 2.24) is 4.90 Å². The minimum absolute atomic E-state index is 0.113. The number of nitrogens with zero attached hydrogens (tertiary/aromatic N) is 1. The molecule has 3 atom stereocenters. The quantitative estimate of drug-likeness (QED) is 0.909. The molecule has 0 aromatic heterocycles. The van der Waals surface area contributed by atoms with Crippen LogP contribution in [0.25, 0.3) is 0 Å². The van der Waals surface area contributed by atoms with Crippen molar-refractivity contribution in [2.75, 3.05) is 6.54 Å². The second-order valence-electron chi connectivity index (χ2n) is 5.14. The monoisotopic (exact) mass is 265 g/mol. The maximum Gasteiger partial charge on any atom is 0.314 e. The molecule has 2 rings (SSSR count). The Labute approximate surface area is 110 Å². The van der Waals surface area contributed by atoms with E-state index in [0.29, 0.717) is 0 Å². The summed E-state index contributed by atoms with van der Waals surface area (Å²) < 4.78 is 14.0. The van der Waals surface area contributed by atoms with Gasteiger partial charge in [0.15, 0.2) is 6.17 Å². The van der Waals surface area contributed by atoms with Crippen molar-refractivity contribution in [3.05, 3.63) is 35.9 Å². The number of halogens is 1. The highest BCUT2D eigenvalue weighted by Crippen LogP contribution is 2.38. The molecule has 19 heavy (non-hydrogen) atoms. The zero-order valence-electron chi connectivity index (χ0n) is 10.8. The van der Waals surface area contributed by atoms with Crippen LogP contribution in [0.3, 0.4) is 0 Å². The summed E-state index contributed by atoms with van der Waals surface area (Å²) in [6, 6.07) is 8.84. The molecule has 1 aliphatic rings. The fourth-order valence-corrected chi connectivity index (χ4v) is 2.35. The lowest BCUT2D eigenvalue weighted by atomic mass is 9.88. The van der Waals surface area contributed by atoms with Gasteiger partial charge in [-0.05, 0) is 19.4 Å². The van der Waals surface area contributed by atoms with Gasteiger partial charge in [-0.3, -0.25) is 9.59 Å². The third-order valence-electron chi connectivity index (χ3n) is 3.80. The molecule has 5 heteroatoms. The molecule has 1 amide bonds. The fourth-order valence-electron chi connectivity index (χ4n) is 2.35. The zero-order chi connectivity index (χ0) is 14.2. The standard InChI is InChI=1S/C14H16FNO3/c1-9(10-6-4-3-5-7-10)16-8-14(2,13(18)19)11(15)12(16)17/h3-7,9,11H,8H2,1-2H3,(H,18,19)/t9-,11?,14-/m1/s1. The van der Waals surface area contributed by atoms with E-state index in [1.165, 1.54) is 11.8 Å². The first-order valence-electron chi connectivity index (χ1n) is 6.11. The van der Waals surface area contributed by atoms with Gasteiger partial charge >= 0.3 is 5.97 Å². The van der Waals surface area contributed by atoms with Crippen molar-refractivity contribution in [3.8, 4) is 0 Å². The SMILES string of the molecule is C[C@H](c1ccccc1)N1C[C@@](C)(C(=O)O)C(F)C1=O. The summed E-state index contributed by atoms with van der Waals surface area (Å²) in [5.41, 5.74) is -0.808. The van der Waals surface area contributed by atoms with Crippen molar-refractivity contribution < 1.29 is 19.1 Å². The number of alkyl halides is 1. The number of rotatable bonds is 3. The van der Waals surface area contributed by atoms with Crippen LogP contribution in [0.15, 0.2) is 30.3 Å². The summed E-state index contributed by atoms with van der Waals surface area (Å²) in [6.45, 7) is 2.93. The van der Waals surface area contributed by atoms with Gasteiger partial charge in [0.2, 0.25) is 0 Å². The van der Waals surface area contributed by atoms with E-state index in [9.17, 15) is 14.0 Å². The molecule has 1 aromatic rings. The molecule has 0 saturated carbocycles. The van der Waals surface area contributed by atoms with E-state index in [4.69, 9.17) is 5.11 Å². The van der Waals surface area contributed by atoms with Crippen molar-refractivity contribution in [3.63, 3.8) is 0 Å². The first-order chi connectivity index (χ1) is 8.88. The van der Waals surface area contributed by atoms with Crippen molar-refractivity contribution in [2.45, 2.75) is 26.1 Å². The van der Waals surface area contributed by atoms with E-state index in [0.717, 1.165) is 5.56 Å². The molecule has 1 saturated heterocycles. The summed E-state index contributed by atoms with van der Waals surface area (Å²) in [7, 11) is 0. The molecular formula is C14H16FNO3. The largest absolute Gasteiger partial charge is 0.481 e. The Morgan fingerprint density at radius 1 is 1.47 bits per heavy atom. The van der Waals surface area contributed by atoms with E-state index in [-0.39, 0.29) is 12.6 Å². The van der Waals surface area contributed by atoms with Gasteiger partial charge in [0.1, 0.15) is 5.41 Å². The topological polar surface area (TPSA) is 57.6 Å². The Balaban J connectivity index is 2.28. The second-order valence-corrected chi connectivity index (χ2v) is 5.14. The molecule has 1 fully saturated rings. The third kappa shape index (κ3) is 2.09. The highest BCUT2D eigenvalue weighted by Gasteiger charge is 2.56. The molecule has 0 aliphatic carbocycles. The van der Waals surface area contributed by atoms with E-state index in [1.807, 2.05) is 30.3 Å². The number of hydrogen-bond acceptors (Lipinski definition) is 2. The maximum absolute atomic E-state index is 14.0. The van der Waals surface area contributed by atoms with Crippen molar-refractivity contribution in [2.24, 2.45) is 5.41 Å². The zero-order valence-corrected chi connectivity index (χ0v) is 10.8. The lowest BCUT2D eigenvalue weighted by Gasteiger charge is -2.26. The molecule has 1 aromatic carbocycles. The van der Waals surface area contributed by atoms with Crippen LogP contribution in [-0.2, 0) is 9.59 Å². The number of likely N-dealkylation sites (tertiary alicyclic amines) is 1. The summed E-state index contributed by atoms with van der Waals surface area (Å²) >= 11 is 0. The molecule has 1 N–H and O–H groups in total. The number of carbonyl (C=O) groups excluding carboxylic acids is 1. The first kappa shape index (κ1) is 13.5. The maximum atomic E-state index is 14.0. The molecule has 0 radical (unpaired) electrons. The normalized spacial score (nSPS) is 28.5. The molecule has 0 spiro atoms. The summed E-state index contributed by atoms with van der Waals surface area (Å²) in [5, 5.41) is 9.11. The third-order valence-corrected chi connectivity index (χ3v) is 3.80. The smallest absolute Gasteiger partial charge is 0.314 e. The van der Waals surface area contributed by atoms with E-state index in [1.54, 1.807) is 6.92 Å². The van der Waals surface area contributed by atoms with Gasteiger partial charge in [0.25, 0.3) is 5.91 Å². The number of aliphatic carboxylic acids is 1. The average Bonchev–Trinajstić information content (AvgIpc) is 2.65. The summed E-state index contributed by atoms with van der Waals surface area (Å²) in [6.07, 6.45) is -1.99. The Hall–Kier alpha value is -1.91. The molecule has 1 aliphatic heterocycles. The molecular weight excluding hydrogens is 249 g/mol. The predicted octanol–water partition coefficient (Wildman–Crippen LogP) is 2.02. The Kier molecular flexibility index (Phi) is 3.30. The highest BCUT2D eigenvalue weighted by atomic mass is 19.1. The molecule has 1 heterocycles. The van der Waals surface area contributed by atoms with Gasteiger partial charge in [-0.25, -0.2) is 4.39 Å². The van der Waals surface area contributed by atoms with E-state index < -0.39 is 23.5 Å². The molecule has 0 bridgehead atoms. The Morgan fingerprint density at radius 2 is 2.05 bits per heavy atom. The number of benzene rings is 1. The van der Waals surface area contributed by atoms with Crippen LogP contribution in [0.5, 0.6) is 0 Å². The lowest BCUT2D eigenvalue weighted by molar-refractivity contribution is -0.151. The predicted molar refractivity (Wildman–Crippen MR) is 67.2 cm³/mol. The van der Waals surface area contributed by atoms with Crippen LogP contribution in [0.1, 0.15) is 25.5 Å². The van der Waals surface area contributed by atoms with Crippen LogP contribution in [0.4, 0.5) is 4.39 Å². The second kappa shape index (κ2) is 4.64. The Bertz CT molecular complexity index is 505. The van der Waals surface area contributed by atoms with Crippen molar-refractivity contribution >= 4 is 11.9 Å². The number of amides is 1. The molecule has 1 unspecified atom stereocenters. The van der Waals surface area contributed by atoms with Gasteiger partial charge in [-0.15, -0.1) is 0 Å². The number of hydrogen-bond donors (Lipinski definition) is 1. The van der Waals surface area contributed by atoms with Crippen molar-refractivity contribution in [1.29, 1.82) is 0 Å². The fraction of sp³-hybridized carbons (Fsp3) is 0.429. The lowest BCUT2D eigenvalue weighted by Crippen LogP contribution is -2.37. The average molecular weight is 265 g/mol. The summed E-state index contributed by atoms with van der Waals surface area (Å²) in [5.74, 6) is -2.03. The van der Waals surface area contributed by atoms with Crippen LogP contribution < -0.4 is 0 Å². The van der Waals surface area contributed by atoms with Gasteiger partial charge in [0, 0.05) is 6.54 Å². The van der Waals surface area contributed by atoms with Crippen LogP contribution in [0.2, 0.25) is 0 Å². The highest BCUT2D eigenvalue weighted by molar-refractivity contribution is 5.93.